The van der Waals surface area contributed by atoms with E-state index in [0.29, 0.717) is 78.4 Å². The van der Waals surface area contributed by atoms with E-state index in [1.54, 1.807) is 12.3 Å². The fourth-order valence-electron chi connectivity index (χ4n) is 7.52. The van der Waals surface area contributed by atoms with E-state index >= 15 is 0 Å². The number of fused-ring (bicyclic) bond motifs is 1. The Hall–Kier alpha value is -4.40. The summed E-state index contributed by atoms with van der Waals surface area (Å²) in [6, 6.07) is 19.7. The third-order valence-corrected chi connectivity index (χ3v) is 11.1. The Morgan fingerprint density at radius 2 is 1.83 bits per heavy atom. The highest BCUT2D eigenvalue weighted by atomic mass is 35.5. The molecule has 7 rings (SSSR count). The highest BCUT2D eigenvalue weighted by Gasteiger charge is 2.29. The zero-order valence-corrected chi connectivity index (χ0v) is 31.6. The van der Waals surface area contributed by atoms with Crippen LogP contribution in [0.5, 0.6) is 17.2 Å². The predicted molar refractivity (Wildman–Crippen MR) is 207 cm³/mol. The molecule has 282 valence electrons. The number of ether oxygens (including phenoxy) is 3. The maximum atomic E-state index is 13.5. The van der Waals surface area contributed by atoms with E-state index in [1.807, 2.05) is 36.4 Å². The molecule has 2 saturated heterocycles. The number of carbonyl (C=O) groups is 1. The van der Waals surface area contributed by atoms with E-state index in [2.05, 4.69) is 38.7 Å². The van der Waals surface area contributed by atoms with Gasteiger partial charge in [-0.2, -0.15) is 5.26 Å². The number of benzene rings is 3. The van der Waals surface area contributed by atoms with Gasteiger partial charge in [-0.25, -0.2) is 4.39 Å². The van der Waals surface area contributed by atoms with E-state index in [-0.39, 0.29) is 24.5 Å². The molecule has 2 aliphatic heterocycles. The molecule has 2 N–H and O–H groups in total. The predicted octanol–water partition coefficient (Wildman–Crippen LogP) is 8.00. The Morgan fingerprint density at radius 1 is 1.00 bits per heavy atom. The van der Waals surface area contributed by atoms with Gasteiger partial charge < -0.3 is 29.7 Å². The zero-order valence-electron chi connectivity index (χ0n) is 30.1. The average molecular weight is 773 g/mol. The monoisotopic (exact) mass is 771 g/mol. The van der Waals surface area contributed by atoms with E-state index < -0.39 is 6.17 Å². The Kier molecular flexibility index (Phi) is 12.5. The molecule has 2 fully saturated rings. The second-order valence-electron chi connectivity index (χ2n) is 14.2. The maximum Gasteiger partial charge on any atom is 0.220 e. The molecular weight excluding hydrogens is 728 g/mol. The molecule has 3 aromatic carbocycles. The lowest BCUT2D eigenvalue weighted by atomic mass is 9.96. The first-order chi connectivity index (χ1) is 26.3. The summed E-state index contributed by atoms with van der Waals surface area (Å²) in [4.78, 5) is 18.1. The summed E-state index contributed by atoms with van der Waals surface area (Å²) >= 11 is 13.9. The number of aromatic nitrogens is 1. The van der Waals surface area contributed by atoms with E-state index in [1.165, 1.54) is 11.8 Å². The molecular formula is C42H44Cl2FN5O4. The Balaban J connectivity index is 1.05. The molecule has 2 atom stereocenters. The molecule has 0 radical (unpaired) electrons. The number of rotatable bonds is 15. The number of nitrogens with zero attached hydrogens (tertiary/aromatic N) is 3. The van der Waals surface area contributed by atoms with Crippen LogP contribution in [0.3, 0.4) is 0 Å². The van der Waals surface area contributed by atoms with Crippen molar-refractivity contribution in [2.24, 2.45) is 5.92 Å². The number of hydrogen-bond acceptors (Lipinski definition) is 8. The van der Waals surface area contributed by atoms with E-state index in [0.717, 1.165) is 66.7 Å². The van der Waals surface area contributed by atoms with Crippen molar-refractivity contribution in [3.8, 4) is 34.4 Å². The largest absolute Gasteiger partial charge is 0.492 e. The molecule has 1 aliphatic carbocycles. The first-order valence-electron chi connectivity index (χ1n) is 18.7. The Bertz CT molecular complexity index is 2000. The third-order valence-electron chi connectivity index (χ3n) is 10.4. The number of nitriles is 1. The van der Waals surface area contributed by atoms with Gasteiger partial charge in [0.25, 0.3) is 0 Å². The quantitative estimate of drug-likeness (QED) is 0.117. The summed E-state index contributed by atoms with van der Waals surface area (Å²) in [6.07, 6.45) is 6.41. The van der Waals surface area contributed by atoms with Crippen LogP contribution in [0.2, 0.25) is 10.0 Å². The molecule has 4 aromatic rings. The summed E-state index contributed by atoms with van der Waals surface area (Å²) in [5, 5.41) is 16.7. The van der Waals surface area contributed by atoms with Gasteiger partial charge in [0.05, 0.1) is 22.2 Å². The highest BCUT2D eigenvalue weighted by Crippen LogP contribution is 2.45. The lowest BCUT2D eigenvalue weighted by Gasteiger charge is -2.28. The van der Waals surface area contributed by atoms with Crippen molar-refractivity contribution in [1.82, 2.24) is 20.5 Å². The van der Waals surface area contributed by atoms with Gasteiger partial charge in [-0.15, -0.1) is 0 Å². The van der Waals surface area contributed by atoms with Gasteiger partial charge in [0.2, 0.25) is 5.91 Å². The second-order valence-corrected chi connectivity index (χ2v) is 15.0. The van der Waals surface area contributed by atoms with Crippen molar-refractivity contribution in [3.63, 3.8) is 0 Å². The first kappa shape index (κ1) is 37.9. The molecule has 0 saturated carbocycles. The number of hydrogen-bond donors (Lipinski definition) is 2. The number of amides is 1. The molecule has 3 heterocycles. The fraction of sp³-hybridized carbons (Fsp3) is 0.405. The van der Waals surface area contributed by atoms with Gasteiger partial charge in [0, 0.05) is 80.8 Å². The van der Waals surface area contributed by atoms with Crippen molar-refractivity contribution in [3.05, 3.63) is 105 Å². The van der Waals surface area contributed by atoms with Gasteiger partial charge in [-0.1, -0.05) is 53.5 Å². The molecule has 0 bridgehead atoms. The number of likely N-dealkylation sites (tertiary alicyclic amines) is 1. The Morgan fingerprint density at radius 3 is 2.65 bits per heavy atom. The highest BCUT2D eigenvalue weighted by molar-refractivity contribution is 6.35. The van der Waals surface area contributed by atoms with E-state index in [4.69, 9.17) is 37.4 Å². The molecule has 1 unspecified atom stereocenters. The summed E-state index contributed by atoms with van der Waals surface area (Å²) in [6.45, 7) is 5.02. The number of nitrogens with one attached hydrogen (secondary N) is 2. The van der Waals surface area contributed by atoms with Crippen LogP contribution in [-0.4, -0.2) is 61.3 Å². The SMILES string of the molecule is N#Cc1cncc(COc2cc(O[C@H]3CCc4c(-c5cccc(OCCCN6CCC(F)CC6)c5Cl)cccc43)c(Cl)cc2CNCC2CNC(=O)C2)c1. The molecule has 54 heavy (non-hydrogen) atoms. The van der Waals surface area contributed by atoms with Crippen LogP contribution in [-0.2, 0) is 24.4 Å². The smallest absolute Gasteiger partial charge is 0.220 e. The number of alkyl halides is 1. The van der Waals surface area contributed by atoms with E-state index in [9.17, 15) is 14.4 Å². The lowest BCUT2D eigenvalue weighted by Crippen LogP contribution is -2.35. The van der Waals surface area contributed by atoms with Crippen LogP contribution in [0.25, 0.3) is 11.1 Å². The fourth-order valence-corrected chi connectivity index (χ4v) is 8.03. The molecule has 1 aromatic heterocycles. The van der Waals surface area contributed by atoms with Crippen LogP contribution in [0.15, 0.2) is 67.0 Å². The summed E-state index contributed by atoms with van der Waals surface area (Å²) in [7, 11) is 0. The summed E-state index contributed by atoms with van der Waals surface area (Å²) < 4.78 is 32.7. The molecule has 3 aliphatic rings. The Labute approximate surface area is 325 Å². The summed E-state index contributed by atoms with van der Waals surface area (Å²) in [5.41, 5.74) is 6.29. The number of pyridine rings is 1. The van der Waals surface area contributed by atoms with Crippen LogP contribution < -0.4 is 24.8 Å². The number of carbonyl (C=O) groups excluding carboxylic acids is 1. The topological polar surface area (TPSA) is 109 Å². The second kappa shape index (κ2) is 17.8. The minimum Gasteiger partial charge on any atom is -0.492 e. The van der Waals surface area contributed by atoms with Crippen LogP contribution in [0, 0.1) is 17.2 Å². The average Bonchev–Trinajstić information content (AvgIpc) is 3.80. The van der Waals surface area contributed by atoms with Gasteiger partial charge in [-0.3, -0.25) is 9.78 Å². The maximum absolute atomic E-state index is 13.5. The minimum absolute atomic E-state index is 0.0737. The standard InChI is InChI=1S/C42H44Cl2FN5O4/c43-36-18-30(25-48-22-28-17-41(51)49-24-28)39(53-26-29-16-27(20-46)21-47-23-29)19-40(36)54-37-9-8-33-32(4-1-5-34(33)37)35-6-2-7-38(42(35)44)52-15-3-12-50-13-10-31(45)11-14-50/h1-2,4-7,16,18-19,21,23,28,31,37,48H,3,8-15,17,22,24-26H2,(H,49,51)/t28?,37-/m0/s1. The van der Waals surface area contributed by atoms with Crippen molar-refractivity contribution >= 4 is 29.1 Å². The first-order valence-corrected chi connectivity index (χ1v) is 19.4. The molecule has 0 spiro atoms. The summed E-state index contributed by atoms with van der Waals surface area (Å²) in [5.74, 6) is 2.06. The normalized spacial score (nSPS) is 18.6. The number of halogens is 3. The van der Waals surface area contributed by atoms with Crippen LogP contribution >= 0.6 is 23.2 Å². The minimum atomic E-state index is -0.672. The van der Waals surface area contributed by atoms with Crippen molar-refractivity contribution in [2.75, 3.05) is 39.3 Å². The van der Waals surface area contributed by atoms with Crippen molar-refractivity contribution in [1.29, 1.82) is 5.26 Å². The molecule has 9 nitrogen and oxygen atoms in total. The van der Waals surface area contributed by atoms with Gasteiger partial charge in [0.1, 0.15) is 42.2 Å². The lowest BCUT2D eigenvalue weighted by molar-refractivity contribution is -0.119. The molecule has 1 amide bonds. The third kappa shape index (κ3) is 9.27. The van der Waals surface area contributed by atoms with Gasteiger partial charge in [0.15, 0.2) is 0 Å². The van der Waals surface area contributed by atoms with Crippen LogP contribution in [0.4, 0.5) is 4.39 Å². The number of piperidine rings is 1. The van der Waals surface area contributed by atoms with Crippen LogP contribution in [0.1, 0.15) is 66.0 Å². The van der Waals surface area contributed by atoms with Crippen molar-refractivity contribution < 1.29 is 23.4 Å². The van der Waals surface area contributed by atoms with Crippen molar-refractivity contribution in [2.45, 2.75) is 64.0 Å². The zero-order chi connectivity index (χ0) is 37.4. The van der Waals surface area contributed by atoms with Gasteiger partial charge >= 0.3 is 0 Å². The van der Waals surface area contributed by atoms with Gasteiger partial charge in [-0.05, 0) is 72.9 Å². The molecule has 12 heteroatoms.